The van der Waals surface area contributed by atoms with Crippen molar-refractivity contribution in [2.75, 3.05) is 11.9 Å². The van der Waals surface area contributed by atoms with Crippen LogP contribution in [0.3, 0.4) is 0 Å². The minimum absolute atomic E-state index is 0.0266. The van der Waals surface area contributed by atoms with Crippen LogP contribution >= 0.6 is 0 Å². The number of aryl methyl sites for hydroxylation is 1. The van der Waals surface area contributed by atoms with E-state index in [1.807, 2.05) is 6.92 Å². The van der Waals surface area contributed by atoms with Crippen LogP contribution in [-0.2, 0) is 16.0 Å². The maximum absolute atomic E-state index is 11.8. The van der Waals surface area contributed by atoms with Gasteiger partial charge in [-0.1, -0.05) is 25.5 Å². The molecular weight excluding hydrogens is 250 g/mol. The first-order valence-electron chi connectivity index (χ1n) is 7.75. The van der Waals surface area contributed by atoms with Gasteiger partial charge in [0, 0.05) is 11.7 Å². The number of anilines is 1. The van der Waals surface area contributed by atoms with Gasteiger partial charge in [0.05, 0.1) is 12.5 Å². The van der Waals surface area contributed by atoms with E-state index in [1.165, 1.54) is 11.3 Å². The largest absolute Gasteiger partial charge is 0.466 e. The van der Waals surface area contributed by atoms with Gasteiger partial charge in [0.2, 0.25) is 0 Å². The van der Waals surface area contributed by atoms with Crippen LogP contribution in [0.4, 0.5) is 5.69 Å². The Morgan fingerprint density at radius 2 is 2.20 bits per heavy atom. The average Bonchev–Trinajstić information content (AvgIpc) is 2.48. The van der Waals surface area contributed by atoms with Crippen molar-refractivity contribution in [2.24, 2.45) is 5.92 Å². The lowest BCUT2D eigenvalue weighted by atomic mass is 9.85. The lowest BCUT2D eigenvalue weighted by Gasteiger charge is -2.29. The summed E-state index contributed by atoms with van der Waals surface area (Å²) in [6.45, 7) is 4.51. The molecule has 2 atom stereocenters. The van der Waals surface area contributed by atoms with Crippen LogP contribution in [-0.4, -0.2) is 18.6 Å². The molecule has 110 valence electrons. The molecule has 2 unspecified atom stereocenters. The quantitative estimate of drug-likeness (QED) is 0.831. The first kappa shape index (κ1) is 14.9. The number of carbonyl (C=O) groups excluding carboxylic acids is 1. The van der Waals surface area contributed by atoms with Crippen molar-refractivity contribution >= 4 is 11.7 Å². The Bertz CT molecular complexity index is 444. The third kappa shape index (κ3) is 3.99. The predicted molar refractivity (Wildman–Crippen MR) is 81.8 cm³/mol. The molecule has 0 heterocycles. The molecule has 0 bridgehead atoms. The maximum atomic E-state index is 11.8. The van der Waals surface area contributed by atoms with E-state index in [9.17, 15) is 4.79 Å². The van der Waals surface area contributed by atoms with E-state index >= 15 is 0 Å². The summed E-state index contributed by atoms with van der Waals surface area (Å²) in [5.74, 6) is 0.0388. The normalized spacial score (nSPS) is 22.3. The molecular formula is C17H25NO2. The molecule has 0 radical (unpaired) electrons. The first-order valence-corrected chi connectivity index (χ1v) is 7.75. The third-order valence-electron chi connectivity index (χ3n) is 4.00. The summed E-state index contributed by atoms with van der Waals surface area (Å²) >= 11 is 0. The number of rotatable bonds is 5. The van der Waals surface area contributed by atoms with Crippen molar-refractivity contribution in [2.45, 2.75) is 52.0 Å². The van der Waals surface area contributed by atoms with E-state index in [0.717, 1.165) is 32.1 Å². The highest BCUT2D eigenvalue weighted by atomic mass is 16.5. The first-order chi connectivity index (χ1) is 9.72. The van der Waals surface area contributed by atoms with E-state index < -0.39 is 0 Å². The molecule has 1 aliphatic carbocycles. The Labute approximate surface area is 121 Å². The number of hydrogen-bond donors (Lipinski definition) is 1. The number of esters is 1. The minimum atomic E-state index is -0.0266. The van der Waals surface area contributed by atoms with Crippen LogP contribution in [0.1, 0.15) is 45.1 Å². The Balaban J connectivity index is 1.93. The maximum Gasteiger partial charge on any atom is 0.308 e. The number of carbonyl (C=O) groups is 1. The zero-order chi connectivity index (χ0) is 14.4. The zero-order valence-electron chi connectivity index (χ0n) is 12.5. The van der Waals surface area contributed by atoms with Crippen molar-refractivity contribution < 1.29 is 9.53 Å². The standard InChI is InChI=1S/C17H25NO2/c1-3-13-7-5-9-15(11-13)18-16-10-6-8-14(12-16)17(19)20-4-2/h5,7,9,11,14,16,18H,3-4,6,8,10,12H2,1-2H3. The van der Waals surface area contributed by atoms with Crippen LogP contribution in [0.25, 0.3) is 0 Å². The van der Waals surface area contributed by atoms with Crippen LogP contribution in [0, 0.1) is 5.92 Å². The molecule has 1 aromatic carbocycles. The second kappa shape index (κ2) is 7.32. The molecule has 3 heteroatoms. The SMILES string of the molecule is CCOC(=O)C1CCCC(Nc2cccc(CC)c2)C1. The van der Waals surface area contributed by atoms with Crippen molar-refractivity contribution in [3.8, 4) is 0 Å². The molecule has 0 amide bonds. The van der Waals surface area contributed by atoms with E-state index in [-0.39, 0.29) is 11.9 Å². The zero-order valence-corrected chi connectivity index (χ0v) is 12.5. The van der Waals surface area contributed by atoms with Crippen LogP contribution in [0.15, 0.2) is 24.3 Å². The molecule has 0 saturated heterocycles. The summed E-state index contributed by atoms with van der Waals surface area (Å²) in [6.07, 6.45) is 5.12. The summed E-state index contributed by atoms with van der Waals surface area (Å²) in [5, 5.41) is 3.57. The summed E-state index contributed by atoms with van der Waals surface area (Å²) < 4.78 is 5.15. The van der Waals surface area contributed by atoms with Gasteiger partial charge in [0.1, 0.15) is 0 Å². The number of benzene rings is 1. The van der Waals surface area contributed by atoms with Gasteiger partial charge in [-0.25, -0.2) is 0 Å². The second-order valence-corrected chi connectivity index (χ2v) is 5.51. The minimum Gasteiger partial charge on any atom is -0.466 e. The van der Waals surface area contributed by atoms with Gasteiger partial charge in [-0.05, 0) is 50.3 Å². The topological polar surface area (TPSA) is 38.3 Å². The van der Waals surface area contributed by atoms with Gasteiger partial charge in [-0.2, -0.15) is 0 Å². The lowest BCUT2D eigenvalue weighted by Crippen LogP contribution is -2.32. The predicted octanol–water partition coefficient (Wildman–Crippen LogP) is 3.78. The van der Waals surface area contributed by atoms with Gasteiger partial charge in [-0.15, -0.1) is 0 Å². The molecule has 1 aliphatic rings. The summed E-state index contributed by atoms with van der Waals surface area (Å²) in [7, 11) is 0. The molecule has 2 rings (SSSR count). The summed E-state index contributed by atoms with van der Waals surface area (Å²) in [4.78, 5) is 11.8. The third-order valence-corrected chi connectivity index (χ3v) is 4.00. The van der Waals surface area contributed by atoms with Crippen LogP contribution < -0.4 is 5.32 Å². The van der Waals surface area contributed by atoms with Gasteiger partial charge in [0.15, 0.2) is 0 Å². The van der Waals surface area contributed by atoms with E-state index in [0.29, 0.717) is 12.6 Å². The molecule has 1 fully saturated rings. The summed E-state index contributed by atoms with van der Waals surface area (Å²) in [6, 6.07) is 8.92. The average molecular weight is 275 g/mol. The molecule has 3 nitrogen and oxygen atoms in total. The highest BCUT2D eigenvalue weighted by molar-refractivity contribution is 5.72. The van der Waals surface area contributed by atoms with Crippen molar-refractivity contribution in [1.29, 1.82) is 0 Å². The van der Waals surface area contributed by atoms with Crippen molar-refractivity contribution in [3.63, 3.8) is 0 Å². The highest BCUT2D eigenvalue weighted by Gasteiger charge is 2.28. The Hall–Kier alpha value is -1.51. The van der Waals surface area contributed by atoms with Gasteiger partial charge >= 0.3 is 5.97 Å². The van der Waals surface area contributed by atoms with Crippen LogP contribution in [0.2, 0.25) is 0 Å². The molecule has 0 spiro atoms. The fourth-order valence-corrected chi connectivity index (χ4v) is 2.91. The number of ether oxygens (including phenoxy) is 1. The molecule has 1 saturated carbocycles. The Morgan fingerprint density at radius 1 is 1.35 bits per heavy atom. The smallest absolute Gasteiger partial charge is 0.308 e. The lowest BCUT2D eigenvalue weighted by molar-refractivity contribution is -0.149. The molecule has 0 aromatic heterocycles. The van der Waals surface area contributed by atoms with Crippen molar-refractivity contribution in [3.05, 3.63) is 29.8 Å². The van der Waals surface area contributed by atoms with Gasteiger partial charge < -0.3 is 10.1 Å². The van der Waals surface area contributed by atoms with E-state index in [4.69, 9.17) is 4.74 Å². The van der Waals surface area contributed by atoms with Crippen LogP contribution in [0.5, 0.6) is 0 Å². The molecule has 1 N–H and O–H groups in total. The fourth-order valence-electron chi connectivity index (χ4n) is 2.91. The second-order valence-electron chi connectivity index (χ2n) is 5.51. The number of hydrogen-bond acceptors (Lipinski definition) is 3. The fraction of sp³-hybridized carbons (Fsp3) is 0.588. The van der Waals surface area contributed by atoms with E-state index in [2.05, 4.69) is 36.5 Å². The Kier molecular flexibility index (Phi) is 5.45. The monoisotopic (exact) mass is 275 g/mol. The molecule has 0 aliphatic heterocycles. The van der Waals surface area contributed by atoms with Gasteiger partial charge in [-0.3, -0.25) is 4.79 Å². The number of nitrogens with one attached hydrogen (secondary N) is 1. The molecule has 1 aromatic rings. The Morgan fingerprint density at radius 3 is 2.95 bits per heavy atom. The summed E-state index contributed by atoms with van der Waals surface area (Å²) in [5.41, 5.74) is 2.51. The van der Waals surface area contributed by atoms with Crippen molar-refractivity contribution in [1.82, 2.24) is 0 Å². The molecule has 20 heavy (non-hydrogen) atoms. The highest BCUT2D eigenvalue weighted by Crippen LogP contribution is 2.28. The van der Waals surface area contributed by atoms with Gasteiger partial charge in [0.25, 0.3) is 0 Å². The van der Waals surface area contributed by atoms with E-state index in [1.54, 1.807) is 0 Å².